The van der Waals surface area contributed by atoms with Gasteiger partial charge in [0.05, 0.1) is 23.6 Å². The summed E-state index contributed by atoms with van der Waals surface area (Å²) in [5.74, 6) is 0. The van der Waals surface area contributed by atoms with Crippen LogP contribution in [0.1, 0.15) is 550 Å². The van der Waals surface area contributed by atoms with Crippen molar-refractivity contribution in [3.63, 3.8) is 0 Å². The summed E-state index contributed by atoms with van der Waals surface area (Å²) in [6.07, 6.45) is 120. The lowest BCUT2D eigenvalue weighted by atomic mass is 9.70. The average Bonchev–Trinajstić information content (AvgIpc) is 1.23. The number of hydrogen-bond donors (Lipinski definition) is 0. The maximum absolute atomic E-state index is 2.40. The number of unbranched alkanes of at least 4 members (excludes halogenated alkanes) is 61. The van der Waals surface area contributed by atoms with Gasteiger partial charge >= 0.3 is 0 Å². The van der Waals surface area contributed by atoms with Gasteiger partial charge in [0.2, 0.25) is 0 Å². The van der Waals surface area contributed by atoms with E-state index in [1.54, 1.807) is 102 Å². The third-order valence-corrected chi connectivity index (χ3v) is 29.8. The number of hydrogen-bond acceptors (Lipinski definition) is 0. The van der Waals surface area contributed by atoms with Gasteiger partial charge in [-0.2, -0.15) is 0 Å². The Hall–Kier alpha value is 0.430. The van der Waals surface area contributed by atoms with E-state index in [0.29, 0.717) is 10.6 Å². The lowest BCUT2D eigenvalue weighted by molar-refractivity contribution is 0.171. The molecule has 91 heavy (non-hydrogen) atoms. The first kappa shape index (κ1) is 91.4. The Bertz CT molecular complexity index is 1180. The SMILES string of the molecule is CCCCCCCCCCC(CCCCCCCCCC)(CCCCCCCCCC)CCCCCCCCC(CCCCCCCCCC)(CCCCCCCCCC)[P+](CCCCCCCCCC)(CCCCCCCCCC)CCCCCCCCCC. The minimum atomic E-state index is -1.22. The van der Waals surface area contributed by atoms with Crippen LogP contribution >= 0.6 is 7.26 Å². The van der Waals surface area contributed by atoms with E-state index in [9.17, 15) is 0 Å². The molecule has 0 fully saturated rings. The van der Waals surface area contributed by atoms with Gasteiger partial charge in [0.15, 0.2) is 0 Å². The molecule has 548 valence electrons. The number of rotatable bonds is 82. The minimum Gasteiger partial charge on any atom is -0.0654 e. The van der Waals surface area contributed by atoms with Crippen LogP contribution in [0.25, 0.3) is 0 Å². The van der Waals surface area contributed by atoms with Crippen molar-refractivity contribution in [2.75, 3.05) is 18.5 Å². The Kier molecular flexibility index (Phi) is 75.0. The normalized spacial score (nSPS) is 12.4. The summed E-state index contributed by atoms with van der Waals surface area (Å²) in [7, 11) is -1.22. The summed E-state index contributed by atoms with van der Waals surface area (Å²) in [5.41, 5.74) is 0.628. The fourth-order valence-corrected chi connectivity index (χ4v) is 23.7. The summed E-state index contributed by atoms with van der Waals surface area (Å²) in [6.45, 7) is 19.1. The summed E-state index contributed by atoms with van der Waals surface area (Å²) in [4.78, 5) is 0. The Balaban J connectivity index is 7.04. The molecule has 0 radical (unpaired) electrons. The topological polar surface area (TPSA) is 0 Å². The van der Waals surface area contributed by atoms with Crippen LogP contribution in [0.3, 0.4) is 0 Å². The minimum absolute atomic E-state index is 0.628. The third kappa shape index (κ3) is 58.0. The highest BCUT2D eigenvalue weighted by Gasteiger charge is 2.54. The second kappa shape index (κ2) is 74.6. The van der Waals surface area contributed by atoms with Crippen LogP contribution in [0.4, 0.5) is 0 Å². The zero-order chi connectivity index (χ0) is 66.1. The molecule has 0 bridgehead atoms. The molecule has 0 aromatic heterocycles. The van der Waals surface area contributed by atoms with E-state index in [2.05, 4.69) is 55.4 Å². The van der Waals surface area contributed by atoms with Gasteiger partial charge in [-0.3, -0.25) is 0 Å². The van der Waals surface area contributed by atoms with Crippen molar-refractivity contribution in [3.8, 4) is 0 Å². The lowest BCUT2D eigenvalue weighted by Gasteiger charge is -2.47. The molecular weight excluding hydrogens is 1110 g/mol. The largest absolute Gasteiger partial charge is 0.0799 e. The molecular formula is C90H184P+. The van der Waals surface area contributed by atoms with Crippen LogP contribution in [0.5, 0.6) is 0 Å². The molecule has 0 unspecified atom stereocenters. The molecule has 0 N–H and O–H groups in total. The van der Waals surface area contributed by atoms with Crippen molar-refractivity contribution in [1.29, 1.82) is 0 Å². The Morgan fingerprint density at radius 3 is 0.407 bits per heavy atom. The molecule has 0 amide bonds. The molecule has 0 heterocycles. The lowest BCUT2D eigenvalue weighted by Crippen LogP contribution is -2.37. The van der Waals surface area contributed by atoms with E-state index >= 15 is 0 Å². The zero-order valence-electron chi connectivity index (χ0n) is 66.0. The smallest absolute Gasteiger partial charge is 0.0654 e. The van der Waals surface area contributed by atoms with Crippen LogP contribution in [0.15, 0.2) is 0 Å². The van der Waals surface area contributed by atoms with Gasteiger partial charge < -0.3 is 0 Å². The van der Waals surface area contributed by atoms with Gasteiger partial charge in [0.1, 0.15) is 0 Å². The summed E-state index contributed by atoms with van der Waals surface area (Å²) in [5, 5.41) is 0.654. The van der Waals surface area contributed by atoms with Crippen molar-refractivity contribution in [3.05, 3.63) is 0 Å². The predicted molar refractivity (Wildman–Crippen MR) is 428 cm³/mol. The molecule has 1 heteroatoms. The maximum Gasteiger partial charge on any atom is 0.0799 e. The van der Waals surface area contributed by atoms with Crippen molar-refractivity contribution >= 4 is 7.26 Å². The van der Waals surface area contributed by atoms with Gasteiger partial charge in [-0.1, -0.05) is 447 Å². The molecule has 0 atom stereocenters. The fraction of sp³-hybridized carbons (Fsp3) is 1.00. The Morgan fingerprint density at radius 1 is 0.132 bits per heavy atom. The average molecular weight is 1300 g/mol. The van der Waals surface area contributed by atoms with Crippen LogP contribution in [0.2, 0.25) is 0 Å². The Morgan fingerprint density at radius 2 is 0.253 bits per heavy atom. The molecule has 0 saturated heterocycles. The van der Waals surface area contributed by atoms with Crippen molar-refractivity contribution in [2.45, 2.75) is 555 Å². The van der Waals surface area contributed by atoms with E-state index in [1.165, 1.54) is 411 Å². The van der Waals surface area contributed by atoms with E-state index in [0.717, 1.165) is 0 Å². The van der Waals surface area contributed by atoms with Crippen LogP contribution in [-0.2, 0) is 0 Å². The van der Waals surface area contributed by atoms with Gasteiger partial charge in [-0.05, 0) is 108 Å². The summed E-state index contributed by atoms with van der Waals surface area (Å²) >= 11 is 0. The molecule has 0 spiro atoms. The second-order valence-electron chi connectivity index (χ2n) is 32.2. The molecule has 0 saturated carbocycles. The van der Waals surface area contributed by atoms with Gasteiger partial charge in [-0.25, -0.2) is 0 Å². The van der Waals surface area contributed by atoms with Gasteiger partial charge in [-0.15, -0.1) is 0 Å². The standard InChI is InChI=1S/C90H184P/c1-9-17-25-33-41-49-59-69-79-89(80-70-60-50-42-34-26-18-10-2,81-71-61-51-43-35-27-19-11-3)82-72-62-54-55-65-75-85-90(83-73-63-52-44-36-28-20-12-4,84-74-64-53-45-37-29-21-13-5)91(86-76-66-56-46-38-30-22-14-6,87-77-67-57-47-39-31-23-15-7)88-78-68-58-48-40-32-24-16-8/h9-88H2,1-8H3/q+1. The maximum atomic E-state index is 2.40. The van der Waals surface area contributed by atoms with E-state index in [-0.39, 0.29) is 0 Å². The Labute approximate surface area is 582 Å². The first-order valence-corrected chi connectivity index (χ1v) is 47.1. The van der Waals surface area contributed by atoms with E-state index in [1.807, 2.05) is 0 Å². The van der Waals surface area contributed by atoms with E-state index < -0.39 is 7.26 Å². The molecule has 0 aliphatic rings. The molecule has 0 aliphatic carbocycles. The van der Waals surface area contributed by atoms with Crippen LogP contribution in [-0.4, -0.2) is 23.6 Å². The summed E-state index contributed by atoms with van der Waals surface area (Å²) < 4.78 is 0. The summed E-state index contributed by atoms with van der Waals surface area (Å²) in [6, 6.07) is 0. The highest BCUT2D eigenvalue weighted by Crippen LogP contribution is 2.75. The molecule has 0 aromatic rings. The zero-order valence-corrected chi connectivity index (χ0v) is 66.9. The van der Waals surface area contributed by atoms with Crippen LogP contribution in [0, 0.1) is 5.41 Å². The highest BCUT2D eigenvalue weighted by atomic mass is 31.2. The monoisotopic (exact) mass is 1300 g/mol. The molecule has 0 nitrogen and oxygen atoms in total. The molecule has 0 aromatic carbocycles. The quantitative estimate of drug-likeness (QED) is 0.0421. The molecule has 0 aliphatic heterocycles. The van der Waals surface area contributed by atoms with Crippen molar-refractivity contribution < 1.29 is 0 Å². The third-order valence-electron chi connectivity index (χ3n) is 23.6. The second-order valence-corrected chi connectivity index (χ2v) is 36.8. The predicted octanol–water partition coefficient (Wildman–Crippen LogP) is 34.9. The van der Waals surface area contributed by atoms with Crippen LogP contribution < -0.4 is 0 Å². The van der Waals surface area contributed by atoms with Gasteiger partial charge in [0, 0.05) is 7.26 Å². The molecule has 0 rings (SSSR count). The van der Waals surface area contributed by atoms with Gasteiger partial charge in [0.25, 0.3) is 0 Å². The van der Waals surface area contributed by atoms with E-state index in [4.69, 9.17) is 0 Å². The van der Waals surface area contributed by atoms with Crippen molar-refractivity contribution in [2.24, 2.45) is 5.41 Å². The highest BCUT2D eigenvalue weighted by molar-refractivity contribution is 7.77. The van der Waals surface area contributed by atoms with Crippen molar-refractivity contribution in [1.82, 2.24) is 0 Å². The fourth-order valence-electron chi connectivity index (χ4n) is 17.3. The first-order chi connectivity index (χ1) is 44.9. The first-order valence-electron chi connectivity index (χ1n) is 44.8.